The molecule has 0 saturated carbocycles. The fourth-order valence-electron chi connectivity index (χ4n) is 13.6. The zero-order valence-corrected chi connectivity index (χ0v) is 69.2. The van der Waals surface area contributed by atoms with E-state index in [0.717, 1.165) is 64.2 Å². The van der Waals surface area contributed by atoms with Crippen LogP contribution >= 0.6 is 0 Å². The molecule has 0 N–H and O–H groups in total. The highest BCUT2D eigenvalue weighted by Crippen LogP contribution is 2.20. The van der Waals surface area contributed by atoms with E-state index in [9.17, 15) is 19.5 Å². The summed E-state index contributed by atoms with van der Waals surface area (Å²) in [5.74, 6) is -2.25. The number of likely N-dealkylation sites (N-methyl/N-ethyl adjacent to an activating group) is 1. The number of rotatable bonds is 85. The topological polar surface area (TPSA) is 111 Å². The fraction of sp³-hybridized carbons (Fsp3) is 0.840. The number of aliphatic carboxylic acids is 1. The Balaban J connectivity index is 3.91. The van der Waals surface area contributed by atoms with E-state index in [0.29, 0.717) is 17.4 Å². The van der Waals surface area contributed by atoms with E-state index in [-0.39, 0.29) is 32.2 Å². The van der Waals surface area contributed by atoms with Crippen LogP contribution in [-0.2, 0) is 33.3 Å². The Labute approximate surface area is 640 Å². The van der Waals surface area contributed by atoms with Crippen molar-refractivity contribution >= 4 is 17.9 Å². The molecule has 103 heavy (non-hydrogen) atoms. The van der Waals surface area contributed by atoms with Crippen LogP contribution in [0.5, 0.6) is 0 Å². The van der Waals surface area contributed by atoms with Gasteiger partial charge in [0.25, 0.3) is 0 Å². The van der Waals surface area contributed by atoms with Crippen molar-refractivity contribution in [3.63, 3.8) is 0 Å². The second kappa shape index (κ2) is 84.4. The third kappa shape index (κ3) is 85.9. The third-order valence-corrected chi connectivity index (χ3v) is 20.4. The molecule has 0 radical (unpaired) electrons. The number of hydrogen-bond acceptors (Lipinski definition) is 8. The van der Waals surface area contributed by atoms with Gasteiger partial charge in [-0.15, -0.1) is 0 Å². The van der Waals surface area contributed by atoms with Crippen LogP contribution in [-0.4, -0.2) is 82.3 Å². The first-order valence-electron chi connectivity index (χ1n) is 45.1. The highest BCUT2D eigenvalue weighted by molar-refractivity contribution is 5.70. The molecule has 0 aromatic rings. The lowest BCUT2D eigenvalue weighted by Gasteiger charge is -2.26. The molecule has 0 aromatic carbocycles. The Bertz CT molecular complexity index is 1930. The van der Waals surface area contributed by atoms with Crippen LogP contribution in [0.3, 0.4) is 0 Å². The highest BCUT2D eigenvalue weighted by Gasteiger charge is 2.22. The van der Waals surface area contributed by atoms with Gasteiger partial charge in [-0.3, -0.25) is 9.59 Å². The number of allylic oxidation sites excluding steroid dienone is 12. The normalized spacial score (nSPS) is 12.9. The van der Waals surface area contributed by atoms with E-state index in [1.165, 1.54) is 360 Å². The van der Waals surface area contributed by atoms with Gasteiger partial charge in [0.15, 0.2) is 12.4 Å². The molecule has 2 atom stereocenters. The van der Waals surface area contributed by atoms with E-state index in [1.54, 1.807) is 0 Å². The lowest BCUT2D eigenvalue weighted by molar-refractivity contribution is -0.870. The van der Waals surface area contributed by atoms with Gasteiger partial charge in [-0.25, -0.2) is 0 Å². The second-order valence-corrected chi connectivity index (χ2v) is 31.9. The van der Waals surface area contributed by atoms with Gasteiger partial charge in [-0.2, -0.15) is 0 Å². The van der Waals surface area contributed by atoms with Crippen LogP contribution in [0.4, 0.5) is 0 Å². The van der Waals surface area contributed by atoms with Crippen LogP contribution < -0.4 is 5.11 Å². The molecule has 602 valence electrons. The first-order chi connectivity index (χ1) is 50.6. The molecule has 9 nitrogen and oxygen atoms in total. The van der Waals surface area contributed by atoms with Crippen molar-refractivity contribution in [3.8, 4) is 0 Å². The molecule has 0 aliphatic heterocycles. The van der Waals surface area contributed by atoms with E-state index in [2.05, 4.69) is 86.8 Å². The molecule has 0 amide bonds. The predicted molar refractivity (Wildman–Crippen MR) is 445 cm³/mol. The highest BCUT2D eigenvalue weighted by atomic mass is 16.7. The molecule has 0 saturated heterocycles. The van der Waals surface area contributed by atoms with Gasteiger partial charge >= 0.3 is 11.9 Å². The molecule has 0 aliphatic carbocycles. The van der Waals surface area contributed by atoms with Crippen LogP contribution in [0.15, 0.2) is 72.9 Å². The minimum absolute atomic E-state index is 0.150. The molecule has 9 heteroatoms. The van der Waals surface area contributed by atoms with Crippen molar-refractivity contribution in [1.82, 2.24) is 0 Å². The van der Waals surface area contributed by atoms with Gasteiger partial charge in [0.1, 0.15) is 13.2 Å². The SMILES string of the molecule is CCCCCCC/C=C\C/C=C\C/C=C\CCCCCCCCCCCCCCCCCCCCCCCCCCCCC(=O)OC(COC(=O)CCCCCCCCCCCCCCCCCCCCCCCC/C=C\C/C=C\C/C=C\CCCCCCC)COC(OCC[N+](C)(C)C)C(=O)[O-]. The summed E-state index contributed by atoms with van der Waals surface area (Å²) in [5, 5.41) is 11.9. The minimum atomic E-state index is -1.62. The van der Waals surface area contributed by atoms with Crippen molar-refractivity contribution in [3.05, 3.63) is 72.9 Å². The maximum absolute atomic E-state index is 13.0. The van der Waals surface area contributed by atoms with Crippen molar-refractivity contribution in [2.45, 2.75) is 463 Å². The number of quaternary nitrogens is 1. The maximum Gasteiger partial charge on any atom is 0.306 e. The Morgan fingerprint density at radius 1 is 0.291 bits per heavy atom. The molecule has 0 rings (SSSR count). The van der Waals surface area contributed by atoms with E-state index < -0.39 is 24.3 Å². The average Bonchev–Trinajstić information content (AvgIpc) is 1.01. The van der Waals surface area contributed by atoms with E-state index in [4.69, 9.17) is 18.9 Å². The maximum atomic E-state index is 13.0. The van der Waals surface area contributed by atoms with E-state index in [1.807, 2.05) is 21.1 Å². The fourth-order valence-corrected chi connectivity index (χ4v) is 13.6. The second-order valence-electron chi connectivity index (χ2n) is 31.9. The number of nitrogens with zero attached hydrogens (tertiary/aromatic N) is 1. The van der Waals surface area contributed by atoms with Gasteiger partial charge in [0.05, 0.1) is 40.3 Å². The lowest BCUT2D eigenvalue weighted by atomic mass is 10.0. The Morgan fingerprint density at radius 2 is 0.524 bits per heavy atom. The van der Waals surface area contributed by atoms with Gasteiger partial charge in [0, 0.05) is 12.8 Å². The number of carbonyl (C=O) groups is 3. The largest absolute Gasteiger partial charge is 0.545 e. The van der Waals surface area contributed by atoms with Gasteiger partial charge in [-0.1, -0.05) is 421 Å². The molecule has 0 aliphatic rings. The molecular formula is C94H173NO8. The summed E-state index contributed by atoms with van der Waals surface area (Å²) in [7, 11) is 5.96. The van der Waals surface area contributed by atoms with Crippen LogP contribution in [0.2, 0.25) is 0 Å². The number of carboxylic acid groups (broad SMARTS) is 1. The Hall–Kier alpha value is -3.27. The molecule has 0 aromatic heterocycles. The smallest absolute Gasteiger partial charge is 0.306 e. The van der Waals surface area contributed by atoms with Crippen molar-refractivity contribution in [2.24, 2.45) is 0 Å². The number of carbonyl (C=O) groups excluding carboxylic acids is 3. The van der Waals surface area contributed by atoms with Gasteiger partial charge < -0.3 is 33.3 Å². The predicted octanol–water partition coefficient (Wildman–Crippen LogP) is 28.2. The summed E-state index contributed by atoms with van der Waals surface area (Å²) in [6.07, 6.45) is 112. The average molecular weight is 1450 g/mol. The summed E-state index contributed by atoms with van der Waals surface area (Å²) < 4.78 is 22.9. The number of ether oxygens (including phenoxy) is 4. The van der Waals surface area contributed by atoms with Crippen LogP contribution in [0.25, 0.3) is 0 Å². The van der Waals surface area contributed by atoms with Crippen molar-refractivity contribution < 1.29 is 42.9 Å². The molecule has 0 heterocycles. The van der Waals surface area contributed by atoms with Crippen LogP contribution in [0.1, 0.15) is 450 Å². The molecule has 0 fully saturated rings. The molecular weight excluding hydrogens is 1270 g/mol. The lowest BCUT2D eigenvalue weighted by Crippen LogP contribution is -2.44. The zero-order chi connectivity index (χ0) is 74.6. The van der Waals surface area contributed by atoms with Crippen LogP contribution in [0, 0.1) is 0 Å². The minimum Gasteiger partial charge on any atom is -0.545 e. The number of hydrogen-bond donors (Lipinski definition) is 0. The summed E-state index contributed by atoms with van der Waals surface area (Å²) in [4.78, 5) is 37.7. The number of unbranched alkanes of at least 4 members (excludes halogenated alkanes) is 58. The standard InChI is InChI=1S/C94H173NO8/c1-6-8-10-12-14-16-18-20-22-24-26-28-30-32-34-36-38-40-42-44-45-46-47-49-51-53-55-57-59-61-63-65-67-69-71-73-75-77-79-81-83-85-92(97)103-90(89-102-94(93(98)99)100-87-86-95(3,4)5)88-101-91(96)84-82-80-78-76-74-72-70-68-66-64-62-60-58-56-54-52-50-48-43-41-39-37-35-33-31-29-27-25-23-21-19-17-15-13-11-9-7-2/h18-21,24-27,30-33,90,94H,6-17,22-23,28-29,34-89H2,1-5H3/b20-18-,21-19-,26-24-,27-25-,32-30-,33-31-. The quantitative estimate of drug-likeness (QED) is 0.0195. The first kappa shape index (κ1) is 99.7. The zero-order valence-electron chi connectivity index (χ0n) is 69.2. The Morgan fingerprint density at radius 3 is 0.777 bits per heavy atom. The van der Waals surface area contributed by atoms with E-state index >= 15 is 0 Å². The summed E-state index contributed by atoms with van der Waals surface area (Å²) in [6.45, 7) is 4.80. The molecule has 2 unspecified atom stereocenters. The first-order valence-corrected chi connectivity index (χ1v) is 45.1. The van der Waals surface area contributed by atoms with Crippen molar-refractivity contribution in [2.75, 3.05) is 47.5 Å². The summed E-state index contributed by atoms with van der Waals surface area (Å²) in [6, 6.07) is 0. The van der Waals surface area contributed by atoms with Crippen molar-refractivity contribution in [1.29, 1.82) is 0 Å². The molecule has 0 bridgehead atoms. The van der Waals surface area contributed by atoms with Gasteiger partial charge in [-0.05, 0) is 89.9 Å². The van der Waals surface area contributed by atoms with Gasteiger partial charge in [0.2, 0.25) is 0 Å². The number of esters is 2. The third-order valence-electron chi connectivity index (χ3n) is 20.4. The summed E-state index contributed by atoms with van der Waals surface area (Å²) >= 11 is 0. The monoisotopic (exact) mass is 1440 g/mol. The number of carboxylic acids is 1. The molecule has 0 spiro atoms. The Kier molecular flexibility index (Phi) is 81.7. The summed E-state index contributed by atoms with van der Waals surface area (Å²) in [5.41, 5.74) is 0.